The Morgan fingerprint density at radius 3 is 2.00 bits per heavy atom. The van der Waals surface area contributed by atoms with Crippen molar-refractivity contribution < 1.29 is 33.5 Å². The summed E-state index contributed by atoms with van der Waals surface area (Å²) in [6.07, 6.45) is 0.642. The molecule has 0 saturated carbocycles. The van der Waals surface area contributed by atoms with E-state index in [0.29, 0.717) is 11.5 Å². The van der Waals surface area contributed by atoms with E-state index in [-0.39, 0.29) is 34.4 Å². The summed E-state index contributed by atoms with van der Waals surface area (Å²) in [5, 5.41) is 10.7. The number of carbonyl (C=O) groups is 2. The fraction of sp³-hybridized carbons (Fsp3) is 0.200. The maximum Gasteiger partial charge on any atom is 0.347 e. The van der Waals surface area contributed by atoms with Gasteiger partial charge in [0.2, 0.25) is 0 Å². The Hall–Kier alpha value is -4.40. The monoisotopic (exact) mass is 465 g/mol. The van der Waals surface area contributed by atoms with Crippen LogP contribution in [0.3, 0.4) is 0 Å². The predicted molar refractivity (Wildman–Crippen MR) is 123 cm³/mol. The molecule has 0 amide bonds. The molecule has 3 aromatic rings. The summed E-state index contributed by atoms with van der Waals surface area (Å²) in [6, 6.07) is 15.8. The van der Waals surface area contributed by atoms with Crippen LogP contribution in [0.15, 0.2) is 66.7 Å². The molecule has 34 heavy (non-hydrogen) atoms. The first-order valence-electron chi connectivity index (χ1n) is 10.4. The predicted octanol–water partition coefficient (Wildman–Crippen LogP) is 5.22. The number of non-ortho nitro benzene ring substituents is 1. The minimum Gasteiger partial charge on any atom is -0.497 e. The van der Waals surface area contributed by atoms with Crippen LogP contribution >= 0.6 is 0 Å². The molecule has 1 atom stereocenters. The summed E-state index contributed by atoms with van der Waals surface area (Å²) < 4.78 is 21.7. The largest absolute Gasteiger partial charge is 0.497 e. The zero-order valence-corrected chi connectivity index (χ0v) is 18.8. The van der Waals surface area contributed by atoms with Gasteiger partial charge in [-0.25, -0.2) is 9.59 Å². The molecular weight excluding hydrogens is 442 g/mol. The molecule has 0 radical (unpaired) electrons. The highest BCUT2D eigenvalue weighted by atomic mass is 16.6. The number of esters is 2. The normalized spacial score (nSPS) is 11.3. The SMILES string of the molecule is CC[C@H](C)Oc1cc(OC)ccc1C(=O)Oc1ccc(C(=O)Oc2ccc([N+](=O)[O-])cc2)cc1. The number of nitro benzene ring substituents is 1. The van der Waals surface area contributed by atoms with Crippen LogP contribution in [0.1, 0.15) is 41.0 Å². The molecule has 0 saturated heterocycles. The number of hydrogen-bond donors (Lipinski definition) is 0. The van der Waals surface area contributed by atoms with E-state index in [0.717, 1.165) is 6.42 Å². The zero-order chi connectivity index (χ0) is 24.7. The molecule has 9 nitrogen and oxygen atoms in total. The van der Waals surface area contributed by atoms with Crippen LogP contribution in [0.2, 0.25) is 0 Å². The molecule has 0 aliphatic rings. The van der Waals surface area contributed by atoms with E-state index in [9.17, 15) is 19.7 Å². The Morgan fingerprint density at radius 1 is 0.882 bits per heavy atom. The number of rotatable bonds is 9. The van der Waals surface area contributed by atoms with E-state index in [2.05, 4.69) is 0 Å². The quantitative estimate of drug-likeness (QED) is 0.183. The molecule has 0 fully saturated rings. The van der Waals surface area contributed by atoms with Crippen LogP contribution in [0.4, 0.5) is 5.69 Å². The van der Waals surface area contributed by atoms with Gasteiger partial charge in [-0.15, -0.1) is 0 Å². The Morgan fingerprint density at radius 2 is 1.44 bits per heavy atom. The van der Waals surface area contributed by atoms with Crippen LogP contribution in [0.5, 0.6) is 23.0 Å². The average Bonchev–Trinajstić information content (AvgIpc) is 2.84. The molecule has 0 bridgehead atoms. The Labute approximate surface area is 196 Å². The first-order valence-corrected chi connectivity index (χ1v) is 10.4. The lowest BCUT2D eigenvalue weighted by molar-refractivity contribution is -0.384. The second-order valence-electron chi connectivity index (χ2n) is 7.25. The van der Waals surface area contributed by atoms with Crippen molar-refractivity contribution in [1.29, 1.82) is 0 Å². The highest BCUT2D eigenvalue weighted by Crippen LogP contribution is 2.28. The Bertz CT molecular complexity index is 1170. The van der Waals surface area contributed by atoms with Gasteiger partial charge in [-0.1, -0.05) is 6.92 Å². The van der Waals surface area contributed by atoms with Crippen LogP contribution in [-0.4, -0.2) is 30.1 Å². The summed E-state index contributed by atoms with van der Waals surface area (Å²) in [5.74, 6) is 0.00247. The molecule has 0 aliphatic heterocycles. The van der Waals surface area contributed by atoms with E-state index >= 15 is 0 Å². The van der Waals surface area contributed by atoms with Crippen molar-refractivity contribution in [3.05, 3.63) is 88.0 Å². The molecule has 0 heterocycles. The number of ether oxygens (including phenoxy) is 4. The minimum absolute atomic E-state index is 0.111. The molecular formula is C25H23NO8. The number of benzene rings is 3. The van der Waals surface area contributed by atoms with E-state index in [1.807, 2.05) is 13.8 Å². The third-order valence-electron chi connectivity index (χ3n) is 4.87. The number of carbonyl (C=O) groups excluding carboxylic acids is 2. The van der Waals surface area contributed by atoms with Gasteiger partial charge in [0, 0.05) is 18.2 Å². The third kappa shape index (κ3) is 6.10. The van der Waals surface area contributed by atoms with Crippen LogP contribution < -0.4 is 18.9 Å². The highest BCUT2D eigenvalue weighted by molar-refractivity contribution is 5.95. The van der Waals surface area contributed by atoms with Gasteiger partial charge in [0.25, 0.3) is 5.69 Å². The van der Waals surface area contributed by atoms with Crippen molar-refractivity contribution in [2.75, 3.05) is 7.11 Å². The van der Waals surface area contributed by atoms with Crippen molar-refractivity contribution in [2.24, 2.45) is 0 Å². The van der Waals surface area contributed by atoms with Crippen LogP contribution in [0, 0.1) is 10.1 Å². The first kappa shape index (κ1) is 24.2. The molecule has 0 aliphatic carbocycles. The molecule has 9 heteroatoms. The molecule has 0 unspecified atom stereocenters. The molecule has 0 aromatic heterocycles. The summed E-state index contributed by atoms with van der Waals surface area (Å²) in [6.45, 7) is 3.86. The van der Waals surface area contributed by atoms with Gasteiger partial charge >= 0.3 is 11.9 Å². The lowest BCUT2D eigenvalue weighted by Gasteiger charge is -2.16. The molecule has 3 aromatic carbocycles. The topological polar surface area (TPSA) is 114 Å². The lowest BCUT2D eigenvalue weighted by Crippen LogP contribution is -2.15. The Kier molecular flexibility index (Phi) is 7.81. The number of methoxy groups -OCH3 is 1. The van der Waals surface area contributed by atoms with Crippen molar-refractivity contribution >= 4 is 17.6 Å². The number of hydrogen-bond acceptors (Lipinski definition) is 8. The zero-order valence-electron chi connectivity index (χ0n) is 18.8. The van der Waals surface area contributed by atoms with Gasteiger partial charge in [-0.3, -0.25) is 10.1 Å². The smallest absolute Gasteiger partial charge is 0.347 e. The fourth-order valence-corrected chi connectivity index (χ4v) is 2.82. The third-order valence-corrected chi connectivity index (χ3v) is 4.87. The van der Waals surface area contributed by atoms with E-state index < -0.39 is 16.9 Å². The van der Waals surface area contributed by atoms with E-state index in [1.165, 1.54) is 55.6 Å². The summed E-state index contributed by atoms with van der Waals surface area (Å²) in [5.41, 5.74) is 0.340. The second-order valence-corrected chi connectivity index (χ2v) is 7.25. The van der Waals surface area contributed by atoms with E-state index in [1.54, 1.807) is 18.2 Å². The average molecular weight is 465 g/mol. The first-order chi connectivity index (χ1) is 16.3. The number of nitro groups is 1. The van der Waals surface area contributed by atoms with Crippen LogP contribution in [0.25, 0.3) is 0 Å². The standard InChI is InChI=1S/C25H23NO8/c1-4-16(2)32-23-15-21(31-3)13-14-22(23)25(28)34-19-9-5-17(6-10-19)24(27)33-20-11-7-18(8-12-20)26(29)30/h5-16H,4H2,1-3H3/t16-/m0/s1. The van der Waals surface area contributed by atoms with Crippen LogP contribution in [-0.2, 0) is 0 Å². The minimum atomic E-state index is -0.661. The summed E-state index contributed by atoms with van der Waals surface area (Å²) >= 11 is 0. The van der Waals surface area contributed by atoms with Crippen molar-refractivity contribution in [1.82, 2.24) is 0 Å². The molecule has 3 rings (SSSR count). The van der Waals surface area contributed by atoms with Gasteiger partial charge in [0.15, 0.2) is 0 Å². The molecule has 176 valence electrons. The maximum absolute atomic E-state index is 12.8. The van der Waals surface area contributed by atoms with E-state index in [4.69, 9.17) is 18.9 Å². The van der Waals surface area contributed by atoms with Gasteiger partial charge in [0.05, 0.1) is 23.7 Å². The number of nitrogens with zero attached hydrogens (tertiary/aromatic N) is 1. The Balaban J connectivity index is 1.69. The fourth-order valence-electron chi connectivity index (χ4n) is 2.82. The molecule has 0 N–H and O–H groups in total. The maximum atomic E-state index is 12.8. The van der Waals surface area contributed by atoms with Crippen molar-refractivity contribution in [3.8, 4) is 23.0 Å². The molecule has 0 spiro atoms. The second kappa shape index (κ2) is 11.0. The summed E-state index contributed by atoms with van der Waals surface area (Å²) in [4.78, 5) is 35.3. The highest BCUT2D eigenvalue weighted by Gasteiger charge is 2.18. The van der Waals surface area contributed by atoms with Crippen molar-refractivity contribution in [2.45, 2.75) is 26.4 Å². The van der Waals surface area contributed by atoms with Gasteiger partial charge in [-0.05, 0) is 61.9 Å². The van der Waals surface area contributed by atoms with Crippen molar-refractivity contribution in [3.63, 3.8) is 0 Å². The summed E-state index contributed by atoms with van der Waals surface area (Å²) in [7, 11) is 1.52. The van der Waals surface area contributed by atoms with Gasteiger partial charge < -0.3 is 18.9 Å². The lowest BCUT2D eigenvalue weighted by atomic mass is 10.1. The van der Waals surface area contributed by atoms with Gasteiger partial charge in [0.1, 0.15) is 28.6 Å². The van der Waals surface area contributed by atoms with Gasteiger partial charge in [-0.2, -0.15) is 0 Å².